The van der Waals surface area contributed by atoms with Gasteiger partial charge in [-0.25, -0.2) is 26.3 Å². The summed E-state index contributed by atoms with van der Waals surface area (Å²) < 4.78 is 70.3. The van der Waals surface area contributed by atoms with E-state index in [0.29, 0.717) is 46.8 Å². The number of carbonyl (C=O) groups is 1. The summed E-state index contributed by atoms with van der Waals surface area (Å²) in [6.45, 7) is 0. The number of hydrogen-bond acceptors (Lipinski definition) is 6. The van der Waals surface area contributed by atoms with E-state index < -0.39 is 28.7 Å². The molecule has 0 bridgehead atoms. The van der Waals surface area contributed by atoms with Crippen LogP contribution < -0.4 is 10.0 Å². The van der Waals surface area contributed by atoms with Gasteiger partial charge in [0.2, 0.25) is 15.9 Å². The summed E-state index contributed by atoms with van der Waals surface area (Å²) in [4.78, 5) is 14.2. The molecule has 2 aromatic rings. The van der Waals surface area contributed by atoms with E-state index in [2.05, 4.69) is 15.1 Å². The van der Waals surface area contributed by atoms with Crippen molar-refractivity contribution < 1.29 is 26.4 Å². The number of thiophene rings is 1. The molecule has 1 atom stereocenters. The van der Waals surface area contributed by atoms with Crippen LogP contribution in [0.2, 0.25) is 0 Å². The van der Waals surface area contributed by atoms with Crippen molar-refractivity contribution in [1.82, 2.24) is 14.5 Å². The third-order valence-corrected chi connectivity index (χ3v) is 10.6. The lowest BCUT2D eigenvalue weighted by Crippen LogP contribution is -2.45. The molecule has 0 aliphatic heterocycles. The molecule has 0 unspecified atom stereocenters. The van der Waals surface area contributed by atoms with Gasteiger partial charge in [0.15, 0.2) is 0 Å². The highest BCUT2D eigenvalue weighted by atomic mass is 32.2. The van der Waals surface area contributed by atoms with E-state index in [-0.39, 0.29) is 41.2 Å². The predicted octanol–water partition coefficient (Wildman–Crippen LogP) is 4.65. The fourth-order valence-corrected chi connectivity index (χ4v) is 8.67. The number of nitrogens with zero attached hydrogens (tertiary/aromatic N) is 2. The molecule has 3 aliphatic carbocycles. The van der Waals surface area contributed by atoms with E-state index in [1.165, 1.54) is 22.1 Å². The number of carbonyl (C=O) groups excluding carboxylic acids is 1. The number of alkyl halides is 3. The summed E-state index contributed by atoms with van der Waals surface area (Å²) >= 11 is 6.90. The van der Waals surface area contributed by atoms with Gasteiger partial charge in [-0.2, -0.15) is 5.10 Å². The number of nitrogens with one attached hydrogen (secondary N) is 2. The molecule has 3 aliphatic rings. The molecule has 2 fully saturated rings. The molecule has 1 amide bonds. The normalized spacial score (nSPS) is 23.5. The van der Waals surface area contributed by atoms with Crippen LogP contribution in [0.5, 0.6) is 0 Å². The van der Waals surface area contributed by atoms with Gasteiger partial charge in [-0.15, -0.1) is 11.3 Å². The number of anilines is 1. The van der Waals surface area contributed by atoms with Crippen molar-refractivity contribution in [3.8, 4) is 0 Å². The maximum atomic E-state index is 13.5. The van der Waals surface area contributed by atoms with Crippen LogP contribution in [0.4, 0.5) is 18.2 Å². The van der Waals surface area contributed by atoms with Crippen molar-refractivity contribution in [1.29, 1.82) is 0 Å². The first-order valence-electron chi connectivity index (χ1n) is 12.4. The zero-order valence-corrected chi connectivity index (χ0v) is 22.8. The Balaban J connectivity index is 1.34. The SMILES string of the molecule is Cn1nc(C(F)F)cc1CC(=S)C[C@H]1CCc2sc(NC(=O)C3CC3)c(S(=O)(=O)NC3CC(F)C3)c2C1. The van der Waals surface area contributed by atoms with Gasteiger partial charge in [0, 0.05) is 36.0 Å². The fourth-order valence-electron chi connectivity index (χ4n) is 5.05. The number of aryl methyl sites for hydroxylation is 2. The number of amides is 1. The smallest absolute Gasteiger partial charge is 0.282 e. The molecule has 7 nitrogen and oxygen atoms in total. The zero-order chi connectivity index (χ0) is 26.5. The summed E-state index contributed by atoms with van der Waals surface area (Å²) in [5.41, 5.74) is 1.02. The van der Waals surface area contributed by atoms with Gasteiger partial charge in [-0.1, -0.05) is 12.2 Å². The monoisotopic (exact) mass is 574 g/mol. The number of halogens is 3. The predicted molar refractivity (Wildman–Crippen MR) is 139 cm³/mol. The molecule has 0 radical (unpaired) electrons. The molecular weight excluding hydrogens is 545 g/mol. The molecule has 2 aromatic heterocycles. The summed E-state index contributed by atoms with van der Waals surface area (Å²) in [5.74, 6) is -0.166. The van der Waals surface area contributed by atoms with E-state index in [0.717, 1.165) is 24.1 Å². The average molecular weight is 575 g/mol. The maximum Gasteiger partial charge on any atom is 0.282 e. The van der Waals surface area contributed by atoms with E-state index in [1.54, 1.807) is 7.05 Å². The Kier molecular flexibility index (Phi) is 7.51. The fraction of sp³-hybridized carbons (Fsp3) is 0.625. The highest BCUT2D eigenvalue weighted by molar-refractivity contribution is 7.90. The van der Waals surface area contributed by atoms with Gasteiger partial charge < -0.3 is 5.32 Å². The number of fused-ring (bicyclic) bond motifs is 1. The number of rotatable bonds is 10. The summed E-state index contributed by atoms with van der Waals surface area (Å²) in [5, 5.41) is 7.02. The summed E-state index contributed by atoms with van der Waals surface area (Å²) in [6, 6.07) is 0.911. The zero-order valence-electron chi connectivity index (χ0n) is 20.3. The van der Waals surface area contributed by atoms with Crippen molar-refractivity contribution >= 4 is 49.4 Å². The van der Waals surface area contributed by atoms with Gasteiger partial charge in [0.25, 0.3) is 6.43 Å². The van der Waals surface area contributed by atoms with Crippen LogP contribution in [0.3, 0.4) is 0 Å². The van der Waals surface area contributed by atoms with E-state index in [1.807, 2.05) is 0 Å². The van der Waals surface area contributed by atoms with Crippen molar-refractivity contribution in [3.05, 3.63) is 27.9 Å². The van der Waals surface area contributed by atoms with Crippen LogP contribution in [0.15, 0.2) is 11.0 Å². The molecule has 0 spiro atoms. The van der Waals surface area contributed by atoms with Crippen molar-refractivity contribution in [2.75, 3.05) is 5.32 Å². The Bertz CT molecular complexity index is 1310. The highest BCUT2D eigenvalue weighted by Gasteiger charge is 2.39. The first-order valence-corrected chi connectivity index (χ1v) is 15.2. The Morgan fingerprint density at radius 1 is 1.30 bits per heavy atom. The lowest BCUT2D eigenvalue weighted by atomic mass is 9.85. The second-order valence-electron chi connectivity index (χ2n) is 10.3. The lowest BCUT2D eigenvalue weighted by Gasteiger charge is -2.30. The third-order valence-electron chi connectivity index (χ3n) is 7.28. The Morgan fingerprint density at radius 2 is 2.03 bits per heavy atom. The van der Waals surface area contributed by atoms with Crippen LogP contribution in [-0.2, 0) is 41.1 Å². The van der Waals surface area contributed by atoms with Crippen LogP contribution >= 0.6 is 23.6 Å². The van der Waals surface area contributed by atoms with Crippen LogP contribution in [0, 0.1) is 11.8 Å². The number of sulfonamides is 1. The minimum atomic E-state index is -3.97. The molecule has 37 heavy (non-hydrogen) atoms. The summed E-state index contributed by atoms with van der Waals surface area (Å²) in [6.07, 6.45) is 1.05. The van der Waals surface area contributed by atoms with Crippen LogP contribution in [-0.4, -0.2) is 41.2 Å². The van der Waals surface area contributed by atoms with Gasteiger partial charge in [0.05, 0.1) is 0 Å². The standard InChI is InChI=1S/C24H29F3N4O3S3/c1-31-16(11-19(29-31)22(26)27)10-17(35)6-12-2-5-20-18(7-12)21(24(36-20)28-23(32)13-3-4-13)37(33,34)30-15-8-14(25)9-15/h11-15,22,30H,2-10H2,1H3,(H,28,32)/t12-,14?,15?/m1/s1. The molecule has 202 valence electrons. The van der Waals surface area contributed by atoms with E-state index >= 15 is 0 Å². The lowest BCUT2D eigenvalue weighted by molar-refractivity contribution is -0.117. The first kappa shape index (κ1) is 26.8. The molecule has 0 saturated heterocycles. The Labute approximate surface area is 223 Å². The third kappa shape index (κ3) is 5.94. The minimum Gasteiger partial charge on any atom is -0.316 e. The maximum absolute atomic E-state index is 13.5. The van der Waals surface area contributed by atoms with E-state index in [9.17, 15) is 26.4 Å². The van der Waals surface area contributed by atoms with Gasteiger partial charge in [-0.05, 0) is 73.8 Å². The summed E-state index contributed by atoms with van der Waals surface area (Å²) in [7, 11) is -2.36. The van der Waals surface area contributed by atoms with Gasteiger partial charge in [-0.3, -0.25) is 9.48 Å². The van der Waals surface area contributed by atoms with Gasteiger partial charge in [0.1, 0.15) is 21.8 Å². The second-order valence-corrected chi connectivity index (χ2v) is 13.7. The molecule has 2 saturated carbocycles. The topological polar surface area (TPSA) is 93.1 Å². The van der Waals surface area contributed by atoms with Crippen LogP contribution in [0.1, 0.15) is 66.8 Å². The van der Waals surface area contributed by atoms with E-state index in [4.69, 9.17) is 12.2 Å². The first-order chi connectivity index (χ1) is 17.5. The Hall–Kier alpha value is -1.83. The van der Waals surface area contributed by atoms with Crippen molar-refractivity contribution in [2.45, 2.75) is 81.3 Å². The second kappa shape index (κ2) is 10.4. The Morgan fingerprint density at radius 3 is 2.65 bits per heavy atom. The van der Waals surface area contributed by atoms with Crippen molar-refractivity contribution in [2.24, 2.45) is 18.9 Å². The van der Waals surface area contributed by atoms with Gasteiger partial charge >= 0.3 is 0 Å². The minimum absolute atomic E-state index is 0.0794. The molecule has 2 N–H and O–H groups in total. The molecule has 13 heteroatoms. The molecular formula is C24H29F3N4O3S3. The largest absolute Gasteiger partial charge is 0.316 e. The number of aromatic nitrogens is 2. The molecule has 2 heterocycles. The molecule has 5 rings (SSSR count). The van der Waals surface area contributed by atoms with Crippen molar-refractivity contribution in [3.63, 3.8) is 0 Å². The average Bonchev–Trinajstić information content (AvgIpc) is 3.49. The quantitative estimate of drug-likeness (QED) is 0.403. The molecule has 0 aromatic carbocycles. The number of thiocarbonyl (C=S) groups is 1. The number of hydrogen-bond donors (Lipinski definition) is 2. The highest BCUT2D eigenvalue weighted by Crippen LogP contribution is 2.44. The van der Waals surface area contributed by atoms with Crippen LogP contribution in [0.25, 0.3) is 0 Å².